The fourth-order valence-corrected chi connectivity index (χ4v) is 2.69. The molecule has 1 aromatic carbocycles. The summed E-state index contributed by atoms with van der Waals surface area (Å²) in [5, 5.41) is 2.89. The SMILES string of the molecule is Cc1ccc(CCNC(=O)CCN2C(=O)COc3ccccc32)cn1. The Morgan fingerprint density at radius 1 is 1.28 bits per heavy atom. The predicted octanol–water partition coefficient (Wildman–Crippen LogP) is 1.86. The van der Waals surface area contributed by atoms with Crippen LogP contribution < -0.4 is 15.0 Å². The Balaban J connectivity index is 1.47. The van der Waals surface area contributed by atoms with E-state index in [1.54, 1.807) is 4.90 Å². The minimum atomic E-state index is -0.128. The molecule has 1 aliphatic rings. The van der Waals surface area contributed by atoms with Crippen molar-refractivity contribution < 1.29 is 14.3 Å². The van der Waals surface area contributed by atoms with Gasteiger partial charge in [0, 0.05) is 31.4 Å². The van der Waals surface area contributed by atoms with Crippen LogP contribution in [0.1, 0.15) is 17.7 Å². The van der Waals surface area contributed by atoms with Gasteiger partial charge in [-0.15, -0.1) is 0 Å². The van der Waals surface area contributed by atoms with E-state index in [2.05, 4.69) is 10.3 Å². The molecule has 0 saturated carbocycles. The van der Waals surface area contributed by atoms with E-state index in [0.717, 1.165) is 23.4 Å². The molecular weight excluding hydrogens is 318 g/mol. The van der Waals surface area contributed by atoms with Crippen LogP contribution in [0.25, 0.3) is 0 Å². The summed E-state index contributed by atoms with van der Waals surface area (Å²) in [7, 11) is 0. The summed E-state index contributed by atoms with van der Waals surface area (Å²) in [6, 6.07) is 11.3. The second-order valence-corrected chi connectivity index (χ2v) is 5.96. The Kier molecular flexibility index (Phi) is 5.28. The second kappa shape index (κ2) is 7.79. The Labute approximate surface area is 146 Å². The number of fused-ring (bicyclic) bond motifs is 1. The molecule has 2 amide bonds. The highest BCUT2D eigenvalue weighted by Gasteiger charge is 2.25. The maximum absolute atomic E-state index is 12.1. The molecule has 1 aliphatic heterocycles. The van der Waals surface area contributed by atoms with Crippen molar-refractivity contribution in [3.8, 4) is 5.75 Å². The first-order valence-corrected chi connectivity index (χ1v) is 8.34. The number of carbonyl (C=O) groups is 2. The number of nitrogens with zero attached hydrogens (tertiary/aromatic N) is 2. The third-order valence-electron chi connectivity index (χ3n) is 4.08. The van der Waals surface area contributed by atoms with Gasteiger partial charge >= 0.3 is 0 Å². The largest absolute Gasteiger partial charge is 0.482 e. The number of para-hydroxylation sites is 2. The van der Waals surface area contributed by atoms with Gasteiger partial charge in [-0.3, -0.25) is 14.6 Å². The van der Waals surface area contributed by atoms with Crippen LogP contribution in [0.4, 0.5) is 5.69 Å². The van der Waals surface area contributed by atoms with E-state index >= 15 is 0 Å². The molecule has 2 heterocycles. The Hall–Kier alpha value is -2.89. The van der Waals surface area contributed by atoms with E-state index in [4.69, 9.17) is 4.74 Å². The Bertz CT molecular complexity index is 759. The van der Waals surface area contributed by atoms with Crippen molar-refractivity contribution in [2.75, 3.05) is 24.6 Å². The van der Waals surface area contributed by atoms with Gasteiger partial charge in [0.05, 0.1) is 5.69 Å². The van der Waals surface area contributed by atoms with Gasteiger partial charge in [-0.05, 0) is 37.1 Å². The number of anilines is 1. The highest BCUT2D eigenvalue weighted by molar-refractivity contribution is 5.98. The van der Waals surface area contributed by atoms with Crippen LogP contribution in [-0.2, 0) is 16.0 Å². The first kappa shape index (κ1) is 17.0. The normalized spacial score (nSPS) is 13.2. The van der Waals surface area contributed by atoms with Crippen LogP contribution in [0.3, 0.4) is 0 Å². The fraction of sp³-hybridized carbons (Fsp3) is 0.316. The number of amides is 2. The summed E-state index contributed by atoms with van der Waals surface area (Å²) in [4.78, 5) is 30.0. The topological polar surface area (TPSA) is 71.5 Å². The van der Waals surface area contributed by atoms with Gasteiger partial charge in [-0.1, -0.05) is 18.2 Å². The fourth-order valence-electron chi connectivity index (χ4n) is 2.69. The summed E-state index contributed by atoms with van der Waals surface area (Å²) in [6.07, 6.45) is 2.81. The van der Waals surface area contributed by atoms with Crippen LogP contribution in [0, 0.1) is 6.92 Å². The molecule has 6 nitrogen and oxygen atoms in total. The average Bonchev–Trinajstić information content (AvgIpc) is 2.62. The van der Waals surface area contributed by atoms with E-state index in [-0.39, 0.29) is 24.8 Å². The maximum Gasteiger partial charge on any atom is 0.265 e. The Morgan fingerprint density at radius 3 is 2.92 bits per heavy atom. The lowest BCUT2D eigenvalue weighted by Crippen LogP contribution is -2.41. The highest BCUT2D eigenvalue weighted by atomic mass is 16.5. The van der Waals surface area contributed by atoms with Crippen molar-refractivity contribution in [2.24, 2.45) is 0 Å². The molecule has 0 radical (unpaired) electrons. The zero-order chi connectivity index (χ0) is 17.6. The molecule has 2 aromatic rings. The lowest BCUT2D eigenvalue weighted by Gasteiger charge is -2.29. The van der Waals surface area contributed by atoms with Gasteiger partial charge in [0.15, 0.2) is 6.61 Å². The number of hydrogen-bond acceptors (Lipinski definition) is 4. The van der Waals surface area contributed by atoms with Gasteiger partial charge < -0.3 is 15.0 Å². The maximum atomic E-state index is 12.1. The van der Waals surface area contributed by atoms with E-state index in [1.165, 1.54) is 0 Å². The summed E-state index contributed by atoms with van der Waals surface area (Å²) in [6.45, 7) is 2.85. The van der Waals surface area contributed by atoms with Crippen molar-refractivity contribution in [3.05, 3.63) is 53.9 Å². The van der Waals surface area contributed by atoms with E-state index < -0.39 is 0 Å². The van der Waals surface area contributed by atoms with Crippen LogP contribution in [-0.4, -0.2) is 36.5 Å². The van der Waals surface area contributed by atoms with E-state index in [9.17, 15) is 9.59 Å². The molecule has 6 heteroatoms. The predicted molar refractivity (Wildman–Crippen MR) is 94.6 cm³/mol. The number of ether oxygens (including phenoxy) is 1. The summed E-state index contributed by atoms with van der Waals surface area (Å²) in [5.41, 5.74) is 2.78. The third-order valence-corrected chi connectivity index (χ3v) is 4.08. The van der Waals surface area contributed by atoms with Gasteiger partial charge in [0.2, 0.25) is 5.91 Å². The van der Waals surface area contributed by atoms with Gasteiger partial charge in [0.25, 0.3) is 5.91 Å². The zero-order valence-corrected chi connectivity index (χ0v) is 14.2. The molecule has 0 unspecified atom stereocenters. The molecule has 0 bridgehead atoms. The molecule has 25 heavy (non-hydrogen) atoms. The minimum Gasteiger partial charge on any atom is -0.482 e. The third kappa shape index (κ3) is 4.35. The van der Waals surface area contributed by atoms with E-state index in [0.29, 0.717) is 18.8 Å². The monoisotopic (exact) mass is 339 g/mol. The summed E-state index contributed by atoms with van der Waals surface area (Å²) < 4.78 is 5.40. The zero-order valence-electron chi connectivity index (χ0n) is 14.2. The summed E-state index contributed by atoms with van der Waals surface area (Å²) in [5.74, 6) is 0.475. The number of aromatic nitrogens is 1. The number of hydrogen-bond donors (Lipinski definition) is 1. The molecule has 0 spiro atoms. The number of nitrogens with one attached hydrogen (secondary N) is 1. The number of rotatable bonds is 6. The number of aryl methyl sites for hydroxylation is 1. The molecular formula is C19H21N3O3. The highest BCUT2D eigenvalue weighted by Crippen LogP contribution is 2.31. The minimum absolute atomic E-state index is 0.0130. The Morgan fingerprint density at radius 2 is 2.12 bits per heavy atom. The van der Waals surface area contributed by atoms with E-state index in [1.807, 2.05) is 49.5 Å². The second-order valence-electron chi connectivity index (χ2n) is 5.96. The van der Waals surface area contributed by atoms with Crippen LogP contribution in [0.5, 0.6) is 5.75 Å². The molecule has 0 saturated heterocycles. The number of carbonyl (C=O) groups excluding carboxylic acids is 2. The van der Waals surface area contributed by atoms with Crippen LogP contribution >= 0.6 is 0 Å². The van der Waals surface area contributed by atoms with Crippen molar-refractivity contribution in [1.82, 2.24) is 10.3 Å². The first-order valence-electron chi connectivity index (χ1n) is 8.34. The molecule has 130 valence electrons. The smallest absolute Gasteiger partial charge is 0.265 e. The van der Waals surface area contributed by atoms with Crippen molar-refractivity contribution in [2.45, 2.75) is 19.8 Å². The molecule has 3 rings (SSSR count). The summed E-state index contributed by atoms with van der Waals surface area (Å²) >= 11 is 0. The van der Waals surface area contributed by atoms with Gasteiger partial charge in [-0.2, -0.15) is 0 Å². The van der Waals surface area contributed by atoms with Crippen molar-refractivity contribution in [1.29, 1.82) is 0 Å². The van der Waals surface area contributed by atoms with Crippen molar-refractivity contribution in [3.63, 3.8) is 0 Å². The molecule has 0 aliphatic carbocycles. The molecule has 0 fully saturated rings. The van der Waals surface area contributed by atoms with Crippen LogP contribution in [0.15, 0.2) is 42.6 Å². The van der Waals surface area contributed by atoms with Crippen molar-refractivity contribution >= 4 is 17.5 Å². The van der Waals surface area contributed by atoms with Gasteiger partial charge in [-0.25, -0.2) is 0 Å². The molecule has 1 N–H and O–H groups in total. The first-order chi connectivity index (χ1) is 12.1. The quantitative estimate of drug-likeness (QED) is 0.872. The van der Waals surface area contributed by atoms with Gasteiger partial charge in [0.1, 0.15) is 5.75 Å². The average molecular weight is 339 g/mol. The van der Waals surface area contributed by atoms with Crippen LogP contribution in [0.2, 0.25) is 0 Å². The standard InChI is InChI=1S/C19H21N3O3/c1-14-6-7-15(12-21-14)8-10-20-18(23)9-11-22-16-4-2-3-5-17(16)25-13-19(22)24/h2-7,12H,8-11,13H2,1H3,(H,20,23). The lowest BCUT2D eigenvalue weighted by atomic mass is 10.2. The molecule has 1 aromatic heterocycles. The molecule has 0 atom stereocenters. The lowest BCUT2D eigenvalue weighted by molar-refractivity contribution is -0.122. The number of benzene rings is 1. The number of pyridine rings is 1.